The van der Waals surface area contributed by atoms with Crippen LogP contribution in [0.3, 0.4) is 0 Å². The molecule has 0 rings (SSSR count). The van der Waals surface area contributed by atoms with Gasteiger partial charge < -0.3 is 10.6 Å². The van der Waals surface area contributed by atoms with Gasteiger partial charge in [-0.2, -0.15) is 7.05 Å². The molecule has 0 atom stereocenters. The van der Waals surface area contributed by atoms with E-state index >= 15 is 0 Å². The van der Waals surface area contributed by atoms with Crippen LogP contribution in [0.15, 0.2) is 0 Å². The molecule has 0 aromatic heterocycles. The first-order valence-electron chi connectivity index (χ1n) is 5.12. The Labute approximate surface area is 112 Å². The van der Waals surface area contributed by atoms with E-state index in [0.29, 0.717) is 0 Å². The Morgan fingerprint density at radius 2 is 1.23 bits per heavy atom. The van der Waals surface area contributed by atoms with Gasteiger partial charge >= 0.3 is 0 Å². The number of nitrogens with one attached hydrogen (secondary N) is 1. The molecule has 2 nitrogen and oxygen atoms in total. The predicted molar refractivity (Wildman–Crippen MR) is 62.1 cm³/mol. The van der Waals surface area contributed by atoms with Crippen molar-refractivity contribution in [3.05, 3.63) is 5.32 Å². The summed E-state index contributed by atoms with van der Waals surface area (Å²) in [5.74, 6) is 0. The van der Waals surface area contributed by atoms with E-state index in [-0.39, 0.29) is 32.7 Å². The van der Waals surface area contributed by atoms with E-state index < -0.39 is 0 Å². The van der Waals surface area contributed by atoms with Crippen molar-refractivity contribution in [3.63, 3.8) is 0 Å². The summed E-state index contributed by atoms with van der Waals surface area (Å²) in [5.41, 5.74) is 0. The van der Waals surface area contributed by atoms with Crippen molar-refractivity contribution < 1.29 is 32.7 Å². The van der Waals surface area contributed by atoms with Crippen molar-refractivity contribution in [1.29, 1.82) is 0 Å². The van der Waals surface area contributed by atoms with Gasteiger partial charge in [0.2, 0.25) is 0 Å². The molecule has 0 aliphatic heterocycles. The summed E-state index contributed by atoms with van der Waals surface area (Å²) in [6.45, 7) is 13.9. The van der Waals surface area contributed by atoms with Crippen LogP contribution < -0.4 is 5.32 Å². The number of likely N-dealkylation sites (N-methyl/N-ethyl adjacent to an activating group) is 2. The fraction of sp³-hybridized carbons (Fsp3) is 1.00. The number of rotatable bonds is 3. The normalized spacial score (nSPS) is 5.54. The quantitative estimate of drug-likeness (QED) is 0.779. The minimum Gasteiger partial charge on any atom is -0.664 e. The molecule has 0 aliphatic carbocycles. The zero-order valence-corrected chi connectivity index (χ0v) is 13.8. The molecule has 0 fully saturated rings. The molecule has 0 saturated heterocycles. The van der Waals surface area contributed by atoms with Crippen LogP contribution in [0.25, 0.3) is 5.32 Å². The molecule has 13 heavy (non-hydrogen) atoms. The van der Waals surface area contributed by atoms with Crippen LogP contribution in [-0.2, 0) is 32.7 Å². The molecule has 0 amide bonds. The molecule has 1 radical (unpaired) electrons. The summed E-state index contributed by atoms with van der Waals surface area (Å²) in [5, 5.41) is 6.84. The van der Waals surface area contributed by atoms with Crippen LogP contribution in [0.4, 0.5) is 0 Å². The third-order valence-corrected chi connectivity index (χ3v) is 0.585. The fourth-order valence-electron chi connectivity index (χ4n) is 0.224. The van der Waals surface area contributed by atoms with Crippen molar-refractivity contribution in [1.82, 2.24) is 5.32 Å². The zero-order valence-electron chi connectivity index (χ0n) is 10.9. The van der Waals surface area contributed by atoms with Gasteiger partial charge in [0, 0.05) is 32.7 Å². The van der Waals surface area contributed by atoms with Gasteiger partial charge in [-0.25, -0.2) is 0 Å². The summed E-state index contributed by atoms with van der Waals surface area (Å²) in [4.78, 5) is 0. The van der Waals surface area contributed by atoms with Crippen molar-refractivity contribution in [2.24, 2.45) is 0 Å². The molecule has 3 heteroatoms. The van der Waals surface area contributed by atoms with Crippen molar-refractivity contribution in [2.45, 2.75) is 41.5 Å². The van der Waals surface area contributed by atoms with Gasteiger partial charge in [-0.1, -0.05) is 41.5 Å². The molecular formula is C10H29N2Y-. The molecule has 0 saturated carbocycles. The first kappa shape index (κ1) is 29.2. The maximum atomic E-state index is 3.86. The van der Waals surface area contributed by atoms with E-state index in [1.54, 1.807) is 0 Å². The Kier molecular flexibility index (Phi) is 168. The van der Waals surface area contributed by atoms with Gasteiger partial charge in [-0.15, -0.1) is 6.54 Å². The summed E-state index contributed by atoms with van der Waals surface area (Å²) in [6.07, 6.45) is 0. The van der Waals surface area contributed by atoms with Gasteiger partial charge in [0.1, 0.15) is 0 Å². The third-order valence-electron chi connectivity index (χ3n) is 0.585. The first-order chi connectivity index (χ1) is 5.91. The SMILES string of the molecule is CC.CC.CC.C[N-]CCNC.[Y]. The second-order valence-corrected chi connectivity index (χ2v) is 1.14. The molecule has 1 N–H and O–H groups in total. The Bertz CT molecular complexity index is 24.9. The Morgan fingerprint density at radius 3 is 1.31 bits per heavy atom. The molecule has 0 bridgehead atoms. The molecule has 0 unspecified atom stereocenters. The van der Waals surface area contributed by atoms with Crippen LogP contribution in [0, 0.1) is 0 Å². The van der Waals surface area contributed by atoms with Crippen molar-refractivity contribution in [2.75, 3.05) is 27.2 Å². The predicted octanol–water partition coefficient (Wildman–Crippen LogP) is 3.29. The number of hydrogen-bond acceptors (Lipinski definition) is 1. The zero-order chi connectivity index (χ0) is 10.8. The maximum Gasteiger partial charge on any atom is 0 e. The summed E-state index contributed by atoms with van der Waals surface area (Å²) in [6, 6.07) is 0. The van der Waals surface area contributed by atoms with Crippen LogP contribution >= 0.6 is 0 Å². The summed E-state index contributed by atoms with van der Waals surface area (Å²) >= 11 is 0. The summed E-state index contributed by atoms with van der Waals surface area (Å²) < 4.78 is 0. The van der Waals surface area contributed by atoms with E-state index in [0.717, 1.165) is 13.1 Å². The average Bonchev–Trinajstić information content (AvgIpc) is 2.24. The van der Waals surface area contributed by atoms with Crippen LogP contribution in [0.1, 0.15) is 41.5 Å². The van der Waals surface area contributed by atoms with Crippen molar-refractivity contribution in [3.8, 4) is 0 Å². The summed E-state index contributed by atoms with van der Waals surface area (Å²) in [7, 11) is 3.74. The minimum atomic E-state index is 0. The Hall–Kier alpha value is 1.02. The Morgan fingerprint density at radius 1 is 0.923 bits per heavy atom. The standard InChI is InChI=1S/C4H11N2.3C2H6.Y/c1-5-3-4-6-2;3*1-2;/h5H,3-4H2,1-2H3;3*1-2H3;/q-1;;;;. The molecular weight excluding hydrogens is 237 g/mol. The molecule has 0 aromatic rings. The maximum absolute atomic E-state index is 3.86. The van der Waals surface area contributed by atoms with Gasteiger partial charge in [0.15, 0.2) is 0 Å². The Balaban J connectivity index is -0.0000000263. The topological polar surface area (TPSA) is 26.1 Å². The van der Waals surface area contributed by atoms with E-state index in [4.69, 9.17) is 0 Å². The first-order valence-corrected chi connectivity index (χ1v) is 5.12. The molecule has 0 aliphatic rings. The fourth-order valence-corrected chi connectivity index (χ4v) is 0.224. The van der Waals surface area contributed by atoms with Gasteiger partial charge in [-0.05, 0) is 13.6 Å². The minimum absolute atomic E-state index is 0. The smallest absolute Gasteiger partial charge is 0 e. The van der Waals surface area contributed by atoms with Gasteiger partial charge in [0.05, 0.1) is 0 Å². The molecule has 0 spiro atoms. The van der Waals surface area contributed by atoms with Crippen LogP contribution in [0.5, 0.6) is 0 Å². The van der Waals surface area contributed by atoms with Crippen LogP contribution in [0.2, 0.25) is 0 Å². The largest absolute Gasteiger partial charge is 0.664 e. The van der Waals surface area contributed by atoms with Gasteiger partial charge in [0.25, 0.3) is 0 Å². The molecule has 0 heterocycles. The van der Waals surface area contributed by atoms with E-state index in [1.807, 2.05) is 55.6 Å². The van der Waals surface area contributed by atoms with Crippen LogP contribution in [-0.4, -0.2) is 27.2 Å². The van der Waals surface area contributed by atoms with E-state index in [2.05, 4.69) is 10.6 Å². The molecule has 83 valence electrons. The molecule has 0 aromatic carbocycles. The second kappa shape index (κ2) is 74.6. The third kappa shape index (κ3) is 97.8. The average molecular weight is 266 g/mol. The van der Waals surface area contributed by atoms with Crippen molar-refractivity contribution >= 4 is 0 Å². The number of nitrogens with zero attached hydrogens (tertiary/aromatic N) is 1. The monoisotopic (exact) mass is 266 g/mol. The second-order valence-electron chi connectivity index (χ2n) is 1.14. The van der Waals surface area contributed by atoms with E-state index in [9.17, 15) is 0 Å². The van der Waals surface area contributed by atoms with E-state index in [1.165, 1.54) is 0 Å². The number of hydrogen-bond donors (Lipinski definition) is 1. The van der Waals surface area contributed by atoms with Gasteiger partial charge in [-0.3, -0.25) is 0 Å².